The number of hydrogen-bond acceptors (Lipinski definition) is 2. The molecule has 1 N–H and O–H groups in total. The van der Waals surface area contributed by atoms with Crippen molar-refractivity contribution < 1.29 is 9.47 Å². The quantitative estimate of drug-likeness (QED) is 0.807. The molecule has 0 saturated carbocycles. The molecule has 3 rings (SSSR count). The summed E-state index contributed by atoms with van der Waals surface area (Å²) >= 11 is 6.91. The van der Waals surface area contributed by atoms with Crippen LogP contribution in [0, 0.1) is 0 Å². The van der Waals surface area contributed by atoms with Crippen LogP contribution >= 0.6 is 31.9 Å². The Labute approximate surface area is 96.6 Å². The molecule has 5 heteroatoms. The summed E-state index contributed by atoms with van der Waals surface area (Å²) in [5.41, 5.74) is 1.02. The van der Waals surface area contributed by atoms with E-state index in [1.165, 1.54) is 0 Å². The molecule has 14 heavy (non-hydrogen) atoms. The average molecular weight is 319 g/mol. The van der Waals surface area contributed by atoms with Crippen LogP contribution in [0.25, 0.3) is 10.9 Å². The summed E-state index contributed by atoms with van der Waals surface area (Å²) in [6, 6.07) is 3.87. The summed E-state index contributed by atoms with van der Waals surface area (Å²) in [6.07, 6.45) is 0. The van der Waals surface area contributed by atoms with Crippen LogP contribution in [0.5, 0.6) is 11.5 Å². The highest BCUT2D eigenvalue weighted by atomic mass is 79.9. The van der Waals surface area contributed by atoms with Gasteiger partial charge in [-0.1, -0.05) is 0 Å². The molecule has 2 aromatic rings. The van der Waals surface area contributed by atoms with Gasteiger partial charge in [0.1, 0.15) is 0 Å². The fourth-order valence-corrected chi connectivity index (χ4v) is 2.48. The second kappa shape index (κ2) is 2.90. The Morgan fingerprint density at radius 2 is 2.07 bits per heavy atom. The lowest BCUT2D eigenvalue weighted by Gasteiger charge is -1.97. The number of H-pyrrole nitrogens is 1. The van der Waals surface area contributed by atoms with Gasteiger partial charge in [-0.05, 0) is 44.0 Å². The van der Waals surface area contributed by atoms with Crippen molar-refractivity contribution in [1.29, 1.82) is 0 Å². The molecule has 0 aliphatic carbocycles. The molecule has 3 nitrogen and oxygen atoms in total. The van der Waals surface area contributed by atoms with Crippen molar-refractivity contribution in [2.45, 2.75) is 0 Å². The smallest absolute Gasteiger partial charge is 0.231 e. The van der Waals surface area contributed by atoms with Gasteiger partial charge in [-0.15, -0.1) is 0 Å². The Bertz CT molecular complexity index is 521. The van der Waals surface area contributed by atoms with Gasteiger partial charge in [-0.2, -0.15) is 0 Å². The van der Waals surface area contributed by atoms with Gasteiger partial charge in [0.15, 0.2) is 11.5 Å². The summed E-state index contributed by atoms with van der Waals surface area (Å²) in [6.45, 7) is 0.295. The van der Waals surface area contributed by atoms with Crippen LogP contribution in [0.1, 0.15) is 0 Å². The van der Waals surface area contributed by atoms with Crippen molar-refractivity contribution in [3.8, 4) is 11.5 Å². The topological polar surface area (TPSA) is 34.2 Å². The summed E-state index contributed by atoms with van der Waals surface area (Å²) in [4.78, 5) is 3.19. The highest BCUT2D eigenvalue weighted by Gasteiger charge is 2.20. The molecule has 0 saturated heterocycles. The maximum atomic E-state index is 5.41. The summed E-state index contributed by atoms with van der Waals surface area (Å²) in [5.74, 6) is 1.60. The molecule has 2 heterocycles. The van der Waals surface area contributed by atoms with Gasteiger partial charge >= 0.3 is 0 Å². The van der Waals surface area contributed by atoms with Gasteiger partial charge in [0.05, 0.1) is 20.0 Å². The lowest BCUT2D eigenvalue weighted by molar-refractivity contribution is 0.175. The van der Waals surface area contributed by atoms with Crippen LogP contribution in [0.4, 0.5) is 0 Å². The molecule has 1 aliphatic rings. The zero-order valence-electron chi connectivity index (χ0n) is 6.93. The first kappa shape index (κ1) is 8.61. The summed E-state index contributed by atoms with van der Waals surface area (Å²) < 4.78 is 12.6. The van der Waals surface area contributed by atoms with E-state index >= 15 is 0 Å². The van der Waals surface area contributed by atoms with E-state index in [4.69, 9.17) is 9.47 Å². The fourth-order valence-electron chi connectivity index (χ4n) is 1.58. The first-order valence-corrected chi connectivity index (χ1v) is 5.61. The van der Waals surface area contributed by atoms with Crippen LogP contribution < -0.4 is 9.47 Å². The van der Waals surface area contributed by atoms with Gasteiger partial charge in [-0.25, -0.2) is 0 Å². The minimum Gasteiger partial charge on any atom is -0.454 e. The number of rotatable bonds is 0. The average Bonchev–Trinajstić information content (AvgIpc) is 2.72. The van der Waals surface area contributed by atoms with Crippen LogP contribution in [-0.2, 0) is 0 Å². The van der Waals surface area contributed by atoms with E-state index in [2.05, 4.69) is 36.8 Å². The maximum absolute atomic E-state index is 5.41. The Kier molecular flexibility index (Phi) is 1.79. The number of nitrogens with one attached hydrogen (secondary N) is 1. The monoisotopic (exact) mass is 317 g/mol. The molecule has 0 atom stereocenters. The Morgan fingerprint density at radius 3 is 2.93 bits per heavy atom. The molecular weight excluding hydrogens is 314 g/mol. The van der Waals surface area contributed by atoms with E-state index < -0.39 is 0 Å². The predicted molar refractivity (Wildman–Crippen MR) is 59.8 cm³/mol. The maximum Gasteiger partial charge on any atom is 0.231 e. The summed E-state index contributed by atoms with van der Waals surface area (Å²) in [5, 5.41) is 1.02. The number of fused-ring (bicyclic) bond motifs is 3. The van der Waals surface area contributed by atoms with Gasteiger partial charge in [0, 0.05) is 0 Å². The highest BCUT2D eigenvalue weighted by Crippen LogP contribution is 2.44. The Hall–Kier alpha value is -0.680. The number of halogens is 2. The van der Waals surface area contributed by atoms with Crippen LogP contribution in [0.2, 0.25) is 0 Å². The third-order valence-electron chi connectivity index (χ3n) is 2.20. The van der Waals surface area contributed by atoms with Gasteiger partial charge in [0.25, 0.3) is 0 Å². The van der Waals surface area contributed by atoms with Crippen LogP contribution in [0.15, 0.2) is 21.2 Å². The highest BCUT2D eigenvalue weighted by molar-refractivity contribution is 9.13. The van der Waals surface area contributed by atoms with Crippen molar-refractivity contribution in [3.63, 3.8) is 0 Å². The van der Waals surface area contributed by atoms with E-state index in [1.807, 2.05) is 12.1 Å². The van der Waals surface area contributed by atoms with Gasteiger partial charge < -0.3 is 14.5 Å². The molecule has 72 valence electrons. The van der Waals surface area contributed by atoms with Crippen molar-refractivity contribution >= 4 is 42.8 Å². The SMILES string of the molecule is Brc1[nH]c2ccc3c(c2c1Br)OCO3. The number of hydrogen-bond donors (Lipinski definition) is 1. The second-order valence-electron chi connectivity index (χ2n) is 2.97. The van der Waals surface area contributed by atoms with E-state index in [1.54, 1.807) is 0 Å². The minimum atomic E-state index is 0.295. The van der Waals surface area contributed by atoms with Crippen LogP contribution in [-0.4, -0.2) is 11.8 Å². The number of aromatic amines is 1. The molecule has 0 amide bonds. The molecule has 0 spiro atoms. The van der Waals surface area contributed by atoms with Crippen molar-refractivity contribution in [3.05, 3.63) is 21.2 Å². The van der Waals surface area contributed by atoms with Crippen molar-refractivity contribution in [2.75, 3.05) is 6.79 Å². The zero-order chi connectivity index (χ0) is 9.71. The number of aromatic nitrogens is 1. The standard InChI is InChI=1S/C9H5Br2NO2/c10-7-6-4(12-9(7)11)1-2-5-8(6)14-3-13-5/h1-2,12H,3H2. The largest absolute Gasteiger partial charge is 0.454 e. The van der Waals surface area contributed by atoms with Gasteiger partial charge in [-0.3, -0.25) is 0 Å². The number of benzene rings is 1. The lowest BCUT2D eigenvalue weighted by atomic mass is 10.2. The first-order chi connectivity index (χ1) is 6.77. The Balaban J connectivity index is 2.47. The summed E-state index contributed by atoms with van der Waals surface area (Å²) in [7, 11) is 0. The predicted octanol–water partition coefficient (Wildman–Crippen LogP) is 3.42. The normalized spacial score (nSPS) is 13.9. The van der Waals surface area contributed by atoms with Crippen molar-refractivity contribution in [2.24, 2.45) is 0 Å². The molecule has 0 fully saturated rings. The van der Waals surface area contributed by atoms with E-state index in [-0.39, 0.29) is 0 Å². The minimum absolute atomic E-state index is 0.295. The van der Waals surface area contributed by atoms with Gasteiger partial charge in [0.2, 0.25) is 6.79 Å². The molecule has 1 aliphatic heterocycles. The number of ether oxygens (including phenoxy) is 2. The second-order valence-corrected chi connectivity index (χ2v) is 4.56. The third kappa shape index (κ3) is 1.02. The van der Waals surface area contributed by atoms with E-state index in [0.29, 0.717) is 6.79 Å². The zero-order valence-corrected chi connectivity index (χ0v) is 10.1. The first-order valence-electron chi connectivity index (χ1n) is 4.02. The molecule has 0 radical (unpaired) electrons. The Morgan fingerprint density at radius 1 is 1.21 bits per heavy atom. The molecular formula is C9H5Br2NO2. The third-order valence-corrected chi connectivity index (χ3v) is 4.12. The fraction of sp³-hybridized carbons (Fsp3) is 0.111. The molecule has 1 aromatic carbocycles. The van der Waals surface area contributed by atoms with E-state index in [0.717, 1.165) is 31.5 Å². The van der Waals surface area contributed by atoms with Crippen LogP contribution in [0.3, 0.4) is 0 Å². The lowest BCUT2D eigenvalue weighted by Crippen LogP contribution is -1.93. The van der Waals surface area contributed by atoms with E-state index in [9.17, 15) is 0 Å². The molecule has 0 unspecified atom stereocenters. The molecule has 1 aromatic heterocycles. The molecule has 0 bridgehead atoms. The van der Waals surface area contributed by atoms with Crippen molar-refractivity contribution in [1.82, 2.24) is 4.98 Å².